The second kappa shape index (κ2) is 7.41. The van der Waals surface area contributed by atoms with Crippen molar-refractivity contribution in [2.45, 2.75) is 56.3 Å². The number of likely N-dealkylation sites (tertiary alicyclic amines) is 1. The van der Waals surface area contributed by atoms with Gasteiger partial charge < -0.3 is 9.64 Å². The maximum atomic E-state index is 12.4. The van der Waals surface area contributed by atoms with Crippen LogP contribution in [0.5, 0.6) is 0 Å². The average molecular weight is 325 g/mol. The van der Waals surface area contributed by atoms with Gasteiger partial charge in [-0.25, -0.2) is 4.68 Å². The van der Waals surface area contributed by atoms with Gasteiger partial charge in [0.05, 0.1) is 11.8 Å². The molecule has 0 bridgehead atoms. The third-order valence-electron chi connectivity index (χ3n) is 4.45. The maximum absolute atomic E-state index is 12.4. The van der Waals surface area contributed by atoms with E-state index < -0.39 is 0 Å². The Morgan fingerprint density at radius 3 is 2.91 bits per heavy atom. The van der Waals surface area contributed by atoms with Crippen LogP contribution in [0, 0.1) is 0 Å². The summed E-state index contributed by atoms with van der Waals surface area (Å²) < 4.78 is 7.24. The third-order valence-corrected chi connectivity index (χ3v) is 5.37. The molecule has 3 heterocycles. The standard InChI is InChI=1S/C14H23N5O2S/c1-11-4-2-3-7-18(11)13(20)10-22-14-15-16-17-19(14)12-5-8-21-9-6-12/h11-12H,2-10H2,1H3/t11-/m0/s1. The summed E-state index contributed by atoms with van der Waals surface area (Å²) in [5.41, 5.74) is 0. The zero-order chi connectivity index (χ0) is 15.4. The molecule has 0 spiro atoms. The lowest BCUT2D eigenvalue weighted by molar-refractivity contribution is -0.131. The molecule has 1 atom stereocenters. The van der Waals surface area contributed by atoms with Crippen LogP contribution in [0.4, 0.5) is 0 Å². The van der Waals surface area contributed by atoms with Crippen molar-refractivity contribution in [2.24, 2.45) is 0 Å². The van der Waals surface area contributed by atoms with Crippen LogP contribution in [0.2, 0.25) is 0 Å². The van der Waals surface area contributed by atoms with E-state index in [0.717, 1.165) is 50.6 Å². The highest BCUT2D eigenvalue weighted by atomic mass is 32.2. The van der Waals surface area contributed by atoms with Gasteiger partial charge in [0, 0.05) is 25.8 Å². The molecule has 2 aliphatic rings. The van der Waals surface area contributed by atoms with Crippen LogP contribution < -0.4 is 0 Å². The SMILES string of the molecule is C[C@H]1CCCCN1C(=O)CSc1nnnn1C1CCOCC1. The van der Waals surface area contributed by atoms with E-state index in [2.05, 4.69) is 22.4 Å². The van der Waals surface area contributed by atoms with E-state index in [4.69, 9.17) is 4.74 Å². The molecule has 22 heavy (non-hydrogen) atoms. The quantitative estimate of drug-likeness (QED) is 0.782. The predicted molar refractivity (Wildman–Crippen MR) is 82.7 cm³/mol. The van der Waals surface area contributed by atoms with Crippen LogP contribution in [0.1, 0.15) is 45.1 Å². The first kappa shape index (κ1) is 15.7. The number of piperidine rings is 1. The highest BCUT2D eigenvalue weighted by molar-refractivity contribution is 7.99. The van der Waals surface area contributed by atoms with E-state index in [1.165, 1.54) is 18.2 Å². The van der Waals surface area contributed by atoms with Crippen molar-refractivity contribution >= 4 is 17.7 Å². The molecular weight excluding hydrogens is 302 g/mol. The zero-order valence-electron chi connectivity index (χ0n) is 13.0. The first-order chi connectivity index (χ1) is 10.8. The van der Waals surface area contributed by atoms with Gasteiger partial charge in [0.25, 0.3) is 0 Å². The lowest BCUT2D eigenvalue weighted by Gasteiger charge is -2.33. The fourth-order valence-corrected chi connectivity index (χ4v) is 3.95. The minimum Gasteiger partial charge on any atom is -0.381 e. The van der Waals surface area contributed by atoms with E-state index in [0.29, 0.717) is 11.8 Å². The molecule has 0 aliphatic carbocycles. The van der Waals surface area contributed by atoms with Gasteiger partial charge in [0.15, 0.2) is 0 Å². The van der Waals surface area contributed by atoms with Gasteiger partial charge in [-0.15, -0.1) is 5.10 Å². The summed E-state index contributed by atoms with van der Waals surface area (Å²) in [4.78, 5) is 14.4. The monoisotopic (exact) mass is 325 g/mol. The molecule has 0 N–H and O–H groups in total. The minimum atomic E-state index is 0.193. The summed E-state index contributed by atoms with van der Waals surface area (Å²) in [5.74, 6) is 0.604. The number of hydrogen-bond acceptors (Lipinski definition) is 6. The first-order valence-corrected chi connectivity index (χ1v) is 9.02. The summed E-state index contributed by atoms with van der Waals surface area (Å²) >= 11 is 1.45. The number of carbonyl (C=O) groups is 1. The molecule has 0 saturated carbocycles. The van der Waals surface area contributed by atoms with Gasteiger partial charge in [-0.2, -0.15) is 0 Å². The van der Waals surface area contributed by atoms with E-state index >= 15 is 0 Å². The highest BCUT2D eigenvalue weighted by Crippen LogP contribution is 2.26. The van der Waals surface area contributed by atoms with Gasteiger partial charge in [0.1, 0.15) is 0 Å². The van der Waals surface area contributed by atoms with Crippen LogP contribution in [0.3, 0.4) is 0 Å². The Bertz CT molecular complexity index is 503. The summed E-state index contributed by atoms with van der Waals surface area (Å²) in [7, 11) is 0. The van der Waals surface area contributed by atoms with Crippen LogP contribution in [0.15, 0.2) is 5.16 Å². The lowest BCUT2D eigenvalue weighted by atomic mass is 10.0. The molecule has 1 aromatic heterocycles. The summed E-state index contributed by atoms with van der Waals surface area (Å²) in [6.07, 6.45) is 5.29. The van der Waals surface area contributed by atoms with E-state index in [-0.39, 0.29) is 11.9 Å². The molecule has 1 aromatic rings. The average Bonchev–Trinajstić information content (AvgIpc) is 3.02. The van der Waals surface area contributed by atoms with Crippen LogP contribution >= 0.6 is 11.8 Å². The molecule has 1 amide bonds. The normalized spacial score (nSPS) is 23.7. The van der Waals surface area contributed by atoms with Crippen molar-refractivity contribution in [3.63, 3.8) is 0 Å². The Balaban J connectivity index is 1.57. The second-order valence-corrected chi connectivity index (χ2v) is 6.91. The number of aromatic nitrogens is 4. The molecule has 0 unspecified atom stereocenters. The van der Waals surface area contributed by atoms with Crippen molar-refractivity contribution < 1.29 is 9.53 Å². The number of rotatable bonds is 4. The van der Waals surface area contributed by atoms with Gasteiger partial charge in [-0.05, 0) is 49.5 Å². The Hall–Kier alpha value is -1.15. The van der Waals surface area contributed by atoms with Crippen molar-refractivity contribution in [3.8, 4) is 0 Å². The van der Waals surface area contributed by atoms with Crippen molar-refractivity contribution in [1.29, 1.82) is 0 Å². The zero-order valence-corrected chi connectivity index (χ0v) is 13.8. The van der Waals surface area contributed by atoms with E-state index in [1.807, 2.05) is 9.58 Å². The second-order valence-electron chi connectivity index (χ2n) is 5.97. The number of amides is 1. The fourth-order valence-electron chi connectivity index (χ4n) is 3.12. The molecule has 3 rings (SSSR count). The van der Waals surface area contributed by atoms with Crippen LogP contribution in [-0.4, -0.2) is 62.6 Å². The topological polar surface area (TPSA) is 73.1 Å². The summed E-state index contributed by atoms with van der Waals surface area (Å²) in [5, 5.41) is 12.7. The molecule has 0 radical (unpaired) electrons. The maximum Gasteiger partial charge on any atom is 0.233 e. The molecule has 8 heteroatoms. The molecule has 2 fully saturated rings. The number of ether oxygens (including phenoxy) is 1. The van der Waals surface area contributed by atoms with Crippen molar-refractivity contribution in [2.75, 3.05) is 25.5 Å². The molecule has 2 aliphatic heterocycles. The van der Waals surface area contributed by atoms with Crippen LogP contribution in [-0.2, 0) is 9.53 Å². The molecule has 7 nitrogen and oxygen atoms in total. The Labute approximate surface area is 134 Å². The number of nitrogens with zero attached hydrogens (tertiary/aromatic N) is 5. The molecular formula is C14H23N5O2S. The fraction of sp³-hybridized carbons (Fsp3) is 0.857. The summed E-state index contributed by atoms with van der Waals surface area (Å²) in [6, 6.07) is 0.642. The van der Waals surface area contributed by atoms with Gasteiger partial charge in [-0.1, -0.05) is 11.8 Å². The lowest BCUT2D eigenvalue weighted by Crippen LogP contribution is -2.43. The number of thioether (sulfide) groups is 1. The number of carbonyl (C=O) groups excluding carboxylic acids is 1. The molecule has 122 valence electrons. The van der Waals surface area contributed by atoms with Gasteiger partial charge in [0.2, 0.25) is 11.1 Å². The molecule has 2 saturated heterocycles. The molecule has 0 aromatic carbocycles. The predicted octanol–water partition coefficient (Wildman–Crippen LogP) is 1.52. The highest BCUT2D eigenvalue weighted by Gasteiger charge is 2.25. The van der Waals surface area contributed by atoms with Gasteiger partial charge >= 0.3 is 0 Å². The Morgan fingerprint density at radius 2 is 2.14 bits per heavy atom. The third kappa shape index (κ3) is 3.60. The minimum absolute atomic E-state index is 0.193. The first-order valence-electron chi connectivity index (χ1n) is 8.03. The van der Waals surface area contributed by atoms with Gasteiger partial charge in [-0.3, -0.25) is 4.79 Å². The van der Waals surface area contributed by atoms with Crippen molar-refractivity contribution in [3.05, 3.63) is 0 Å². The Kier molecular flexibility index (Phi) is 5.30. The van der Waals surface area contributed by atoms with Crippen LogP contribution in [0.25, 0.3) is 0 Å². The van der Waals surface area contributed by atoms with E-state index in [1.54, 1.807) is 0 Å². The van der Waals surface area contributed by atoms with E-state index in [9.17, 15) is 4.79 Å². The smallest absolute Gasteiger partial charge is 0.233 e. The Morgan fingerprint density at radius 1 is 1.32 bits per heavy atom. The largest absolute Gasteiger partial charge is 0.381 e. The van der Waals surface area contributed by atoms with Crippen molar-refractivity contribution in [1.82, 2.24) is 25.1 Å². The number of hydrogen-bond donors (Lipinski definition) is 0. The summed E-state index contributed by atoms with van der Waals surface area (Å²) in [6.45, 7) is 4.51. The number of tetrazole rings is 1.